The number of rotatable bonds is 5. The molecule has 0 saturated carbocycles. The van der Waals surface area contributed by atoms with Gasteiger partial charge in [0.05, 0.1) is 0 Å². The van der Waals surface area contributed by atoms with Gasteiger partial charge in [-0.1, -0.05) is 82.3 Å². The van der Waals surface area contributed by atoms with Gasteiger partial charge in [0.15, 0.2) is 0 Å². The zero-order chi connectivity index (χ0) is 22.0. The number of benzene rings is 3. The number of hydrogen-bond donors (Lipinski definition) is 0. The molecule has 3 aromatic carbocycles. The summed E-state index contributed by atoms with van der Waals surface area (Å²) < 4.78 is 11.7. The zero-order valence-electron chi connectivity index (χ0n) is 18.6. The van der Waals surface area contributed by atoms with Crippen molar-refractivity contribution in [3.8, 4) is 16.9 Å². The highest BCUT2D eigenvalue weighted by atomic mass is 16.5. The summed E-state index contributed by atoms with van der Waals surface area (Å²) >= 11 is 0. The average molecular weight is 413 g/mol. The minimum atomic E-state index is -0.362. The smallest absolute Gasteiger partial charge is 0.336 e. The molecule has 0 amide bonds. The fourth-order valence-corrected chi connectivity index (χ4v) is 3.76. The van der Waals surface area contributed by atoms with Gasteiger partial charge in [0, 0.05) is 17.5 Å². The predicted octanol–water partition coefficient (Wildman–Crippen LogP) is 6.90. The van der Waals surface area contributed by atoms with Crippen LogP contribution in [0.25, 0.3) is 22.1 Å². The molecule has 1 heterocycles. The van der Waals surface area contributed by atoms with Gasteiger partial charge in [-0.2, -0.15) is 0 Å². The van der Waals surface area contributed by atoms with Crippen LogP contribution in [0.15, 0.2) is 82.0 Å². The molecule has 0 unspecified atom stereocenters. The maximum Gasteiger partial charge on any atom is 0.336 e. The van der Waals surface area contributed by atoms with Crippen LogP contribution in [-0.2, 0) is 18.4 Å². The van der Waals surface area contributed by atoms with E-state index in [9.17, 15) is 4.79 Å². The van der Waals surface area contributed by atoms with E-state index < -0.39 is 0 Å². The SMILES string of the molecule is CCc1cc2c(-c3ccccc3)cc(=O)oc2cc1OCc1ccc(C(C)(C)C)cc1. The van der Waals surface area contributed by atoms with Crippen molar-refractivity contribution in [2.24, 2.45) is 0 Å². The van der Waals surface area contributed by atoms with E-state index in [2.05, 4.69) is 58.0 Å². The molecule has 0 radical (unpaired) electrons. The van der Waals surface area contributed by atoms with Gasteiger partial charge in [-0.25, -0.2) is 4.79 Å². The lowest BCUT2D eigenvalue weighted by Gasteiger charge is -2.19. The topological polar surface area (TPSA) is 39.4 Å². The Labute approximate surface area is 183 Å². The van der Waals surface area contributed by atoms with Gasteiger partial charge in [-0.15, -0.1) is 0 Å². The van der Waals surface area contributed by atoms with Crippen LogP contribution in [0.5, 0.6) is 5.75 Å². The first-order valence-electron chi connectivity index (χ1n) is 10.7. The van der Waals surface area contributed by atoms with Gasteiger partial charge in [0.2, 0.25) is 0 Å². The van der Waals surface area contributed by atoms with Crippen molar-refractivity contribution in [2.45, 2.75) is 46.1 Å². The Morgan fingerprint density at radius 3 is 2.26 bits per heavy atom. The van der Waals surface area contributed by atoms with E-state index in [0.29, 0.717) is 12.2 Å². The first-order valence-corrected chi connectivity index (χ1v) is 10.7. The molecule has 4 aromatic rings. The molecule has 0 aliphatic rings. The Morgan fingerprint density at radius 2 is 1.61 bits per heavy atom. The van der Waals surface area contributed by atoms with Crippen LogP contribution in [0.3, 0.4) is 0 Å². The van der Waals surface area contributed by atoms with E-state index in [-0.39, 0.29) is 11.0 Å². The van der Waals surface area contributed by atoms with Crippen LogP contribution in [0, 0.1) is 0 Å². The van der Waals surface area contributed by atoms with Crippen LogP contribution in [0.4, 0.5) is 0 Å². The second-order valence-corrected chi connectivity index (χ2v) is 8.89. The Hall–Kier alpha value is -3.33. The van der Waals surface area contributed by atoms with Gasteiger partial charge in [0.1, 0.15) is 17.9 Å². The van der Waals surface area contributed by atoms with Gasteiger partial charge in [0.25, 0.3) is 0 Å². The number of ether oxygens (including phenoxy) is 1. The molecular formula is C28H28O3. The standard InChI is InChI=1S/C28H28O3/c1-5-20-15-24-23(21-9-7-6-8-10-21)16-27(29)31-26(24)17-25(20)30-18-19-11-13-22(14-12-19)28(2,3)4/h6-17H,5,18H2,1-4H3. The summed E-state index contributed by atoms with van der Waals surface area (Å²) in [6.07, 6.45) is 0.821. The largest absolute Gasteiger partial charge is 0.488 e. The predicted molar refractivity (Wildman–Crippen MR) is 127 cm³/mol. The van der Waals surface area contributed by atoms with E-state index >= 15 is 0 Å². The molecule has 0 atom stereocenters. The van der Waals surface area contributed by atoms with Crippen molar-refractivity contribution in [1.82, 2.24) is 0 Å². The van der Waals surface area contributed by atoms with Crippen LogP contribution in [-0.4, -0.2) is 0 Å². The third kappa shape index (κ3) is 4.56. The fourth-order valence-electron chi connectivity index (χ4n) is 3.76. The van der Waals surface area contributed by atoms with Crippen LogP contribution in [0.2, 0.25) is 0 Å². The summed E-state index contributed by atoms with van der Waals surface area (Å²) in [5, 5.41) is 0.921. The minimum Gasteiger partial charge on any atom is -0.488 e. The van der Waals surface area contributed by atoms with Gasteiger partial charge in [-0.3, -0.25) is 0 Å². The molecule has 0 bridgehead atoms. The maximum atomic E-state index is 12.2. The van der Waals surface area contributed by atoms with Crippen LogP contribution < -0.4 is 10.4 Å². The first kappa shape index (κ1) is 20.9. The van der Waals surface area contributed by atoms with Gasteiger partial charge in [-0.05, 0) is 45.7 Å². The highest BCUT2D eigenvalue weighted by molar-refractivity contribution is 5.94. The van der Waals surface area contributed by atoms with Gasteiger partial charge < -0.3 is 9.15 Å². The molecule has 0 aliphatic heterocycles. The third-order valence-electron chi connectivity index (χ3n) is 5.61. The third-order valence-corrected chi connectivity index (χ3v) is 5.61. The lowest BCUT2D eigenvalue weighted by atomic mass is 9.87. The Balaban J connectivity index is 1.68. The molecule has 3 heteroatoms. The molecule has 0 fully saturated rings. The van der Waals surface area contributed by atoms with Crippen molar-refractivity contribution in [2.75, 3.05) is 0 Å². The highest BCUT2D eigenvalue weighted by Gasteiger charge is 2.14. The normalized spacial score (nSPS) is 11.6. The quantitative estimate of drug-likeness (QED) is 0.335. The average Bonchev–Trinajstić information content (AvgIpc) is 2.76. The van der Waals surface area contributed by atoms with E-state index in [1.807, 2.05) is 36.4 Å². The van der Waals surface area contributed by atoms with Crippen molar-refractivity contribution in [1.29, 1.82) is 0 Å². The Morgan fingerprint density at radius 1 is 0.903 bits per heavy atom. The molecule has 0 spiro atoms. The summed E-state index contributed by atoms with van der Waals surface area (Å²) in [4.78, 5) is 12.2. The summed E-state index contributed by atoms with van der Waals surface area (Å²) in [5.74, 6) is 0.753. The van der Waals surface area contributed by atoms with Crippen LogP contribution in [0.1, 0.15) is 44.4 Å². The molecule has 4 rings (SSSR count). The molecule has 158 valence electrons. The van der Waals surface area contributed by atoms with Crippen molar-refractivity contribution in [3.63, 3.8) is 0 Å². The Kier molecular flexibility index (Phi) is 5.69. The lowest BCUT2D eigenvalue weighted by Crippen LogP contribution is -2.10. The second kappa shape index (κ2) is 8.43. The fraction of sp³-hybridized carbons (Fsp3) is 0.250. The molecule has 0 N–H and O–H groups in total. The monoisotopic (exact) mass is 412 g/mol. The molecule has 0 aliphatic carbocycles. The highest BCUT2D eigenvalue weighted by Crippen LogP contribution is 2.33. The van der Waals surface area contributed by atoms with Crippen molar-refractivity contribution < 1.29 is 9.15 Å². The zero-order valence-corrected chi connectivity index (χ0v) is 18.6. The molecule has 31 heavy (non-hydrogen) atoms. The van der Waals surface area contributed by atoms with E-state index in [1.165, 1.54) is 5.56 Å². The molecular weight excluding hydrogens is 384 g/mol. The number of aryl methyl sites for hydroxylation is 1. The molecule has 0 saturated heterocycles. The van der Waals surface area contributed by atoms with Crippen molar-refractivity contribution >= 4 is 11.0 Å². The Bertz CT molecular complexity index is 1240. The van der Waals surface area contributed by atoms with Gasteiger partial charge >= 0.3 is 5.63 Å². The van der Waals surface area contributed by atoms with E-state index in [1.54, 1.807) is 6.07 Å². The van der Waals surface area contributed by atoms with E-state index in [0.717, 1.165) is 39.8 Å². The lowest BCUT2D eigenvalue weighted by molar-refractivity contribution is 0.303. The summed E-state index contributed by atoms with van der Waals surface area (Å²) in [6.45, 7) is 9.19. The molecule has 1 aromatic heterocycles. The number of fused-ring (bicyclic) bond motifs is 1. The van der Waals surface area contributed by atoms with E-state index in [4.69, 9.17) is 9.15 Å². The second-order valence-electron chi connectivity index (χ2n) is 8.89. The first-order chi connectivity index (χ1) is 14.8. The maximum absolute atomic E-state index is 12.2. The molecule has 3 nitrogen and oxygen atoms in total. The summed E-state index contributed by atoms with van der Waals surface area (Å²) in [5.41, 5.74) is 5.67. The van der Waals surface area contributed by atoms with Crippen LogP contribution >= 0.6 is 0 Å². The minimum absolute atomic E-state index is 0.126. The summed E-state index contributed by atoms with van der Waals surface area (Å²) in [7, 11) is 0. The number of hydrogen-bond acceptors (Lipinski definition) is 3. The van der Waals surface area contributed by atoms with Crippen molar-refractivity contribution in [3.05, 3.63) is 99.9 Å². The summed E-state index contributed by atoms with van der Waals surface area (Å²) in [6, 6.07) is 24.0.